The van der Waals surface area contributed by atoms with E-state index in [-0.39, 0.29) is 24.2 Å². The molecule has 2 saturated carbocycles. The number of Topliss-reactive ketones (excluding diaryl/α,β-unsaturated/α-hetero) is 1. The summed E-state index contributed by atoms with van der Waals surface area (Å²) in [7, 11) is 0. The maximum Gasteiger partial charge on any atom is 0.340 e. The molecular formula is C17H19NO4. The summed E-state index contributed by atoms with van der Waals surface area (Å²) in [6.45, 7) is 1.88. The van der Waals surface area contributed by atoms with E-state index >= 15 is 0 Å². The Balaban J connectivity index is 1.92. The summed E-state index contributed by atoms with van der Waals surface area (Å²) in [4.78, 5) is 37.6. The van der Waals surface area contributed by atoms with Gasteiger partial charge in [-0.05, 0) is 38.3 Å². The SMILES string of the molecule is CCOC(=O)[C@]1(NC(=O)c2ccccc2)C(=O)[C@H]2CC[C@@H]1C2. The number of carbonyl (C=O) groups excluding carboxylic acids is 3. The van der Waals surface area contributed by atoms with Crippen molar-refractivity contribution in [3.05, 3.63) is 35.9 Å². The topological polar surface area (TPSA) is 72.5 Å². The van der Waals surface area contributed by atoms with E-state index < -0.39 is 17.4 Å². The summed E-state index contributed by atoms with van der Waals surface area (Å²) in [6.07, 6.45) is 2.23. The van der Waals surface area contributed by atoms with Gasteiger partial charge in [0.15, 0.2) is 5.78 Å². The van der Waals surface area contributed by atoms with Gasteiger partial charge in [0.1, 0.15) is 0 Å². The van der Waals surface area contributed by atoms with Crippen molar-refractivity contribution in [1.29, 1.82) is 0 Å². The molecule has 2 fully saturated rings. The van der Waals surface area contributed by atoms with Crippen LogP contribution in [0.15, 0.2) is 30.3 Å². The minimum Gasteiger partial charge on any atom is -0.464 e. The average Bonchev–Trinajstić information content (AvgIpc) is 3.11. The molecule has 1 aromatic carbocycles. The zero-order valence-electron chi connectivity index (χ0n) is 12.5. The van der Waals surface area contributed by atoms with Gasteiger partial charge in [-0.15, -0.1) is 0 Å². The first-order valence-electron chi connectivity index (χ1n) is 7.68. The quantitative estimate of drug-likeness (QED) is 0.679. The normalized spacial score (nSPS) is 29.4. The molecule has 116 valence electrons. The van der Waals surface area contributed by atoms with Crippen molar-refractivity contribution in [1.82, 2.24) is 5.32 Å². The number of ketones is 1. The van der Waals surface area contributed by atoms with Crippen LogP contribution in [0, 0.1) is 11.8 Å². The first-order valence-corrected chi connectivity index (χ1v) is 7.68. The fraction of sp³-hybridized carbons (Fsp3) is 0.471. The van der Waals surface area contributed by atoms with Gasteiger partial charge in [-0.25, -0.2) is 4.79 Å². The molecule has 1 aromatic rings. The van der Waals surface area contributed by atoms with Crippen LogP contribution in [0.4, 0.5) is 0 Å². The highest BCUT2D eigenvalue weighted by Crippen LogP contribution is 2.49. The summed E-state index contributed by atoms with van der Waals surface area (Å²) >= 11 is 0. The van der Waals surface area contributed by atoms with Crippen LogP contribution in [-0.4, -0.2) is 29.8 Å². The van der Waals surface area contributed by atoms with Crippen molar-refractivity contribution in [3.63, 3.8) is 0 Å². The van der Waals surface area contributed by atoms with E-state index in [1.165, 1.54) is 0 Å². The molecule has 0 aromatic heterocycles. The monoisotopic (exact) mass is 301 g/mol. The maximum absolute atomic E-state index is 12.7. The van der Waals surface area contributed by atoms with E-state index in [9.17, 15) is 14.4 Å². The Bertz CT molecular complexity index is 612. The zero-order valence-corrected chi connectivity index (χ0v) is 12.5. The van der Waals surface area contributed by atoms with E-state index in [1.807, 2.05) is 0 Å². The molecule has 1 N–H and O–H groups in total. The van der Waals surface area contributed by atoms with E-state index in [1.54, 1.807) is 37.3 Å². The lowest BCUT2D eigenvalue weighted by Crippen LogP contribution is -2.63. The first-order chi connectivity index (χ1) is 10.6. The molecule has 2 aliphatic carbocycles. The molecule has 5 heteroatoms. The van der Waals surface area contributed by atoms with Crippen LogP contribution in [0.3, 0.4) is 0 Å². The predicted molar refractivity (Wildman–Crippen MR) is 79.1 cm³/mol. The number of hydrogen-bond donors (Lipinski definition) is 1. The summed E-state index contributed by atoms with van der Waals surface area (Å²) in [5.74, 6) is -1.50. The largest absolute Gasteiger partial charge is 0.464 e. The highest BCUT2D eigenvalue weighted by Gasteiger charge is 2.64. The van der Waals surface area contributed by atoms with Crippen LogP contribution in [0.1, 0.15) is 36.5 Å². The third-order valence-corrected chi connectivity index (χ3v) is 4.75. The number of nitrogens with one attached hydrogen (secondary N) is 1. The van der Waals surface area contributed by atoms with E-state index in [0.717, 1.165) is 12.8 Å². The van der Waals surface area contributed by atoms with Gasteiger partial charge in [-0.2, -0.15) is 0 Å². The van der Waals surface area contributed by atoms with Crippen LogP contribution in [0.5, 0.6) is 0 Å². The Morgan fingerprint density at radius 3 is 2.59 bits per heavy atom. The third-order valence-electron chi connectivity index (χ3n) is 4.75. The molecule has 22 heavy (non-hydrogen) atoms. The van der Waals surface area contributed by atoms with Gasteiger partial charge in [0.25, 0.3) is 5.91 Å². The van der Waals surface area contributed by atoms with Crippen molar-refractivity contribution in [2.45, 2.75) is 31.7 Å². The zero-order chi connectivity index (χ0) is 15.7. The number of rotatable bonds is 4. The maximum atomic E-state index is 12.7. The van der Waals surface area contributed by atoms with Gasteiger partial charge in [-0.3, -0.25) is 9.59 Å². The van der Waals surface area contributed by atoms with Crippen LogP contribution in [0.25, 0.3) is 0 Å². The molecule has 0 heterocycles. The number of benzene rings is 1. The Morgan fingerprint density at radius 2 is 2.00 bits per heavy atom. The molecule has 2 bridgehead atoms. The molecule has 3 rings (SSSR count). The molecule has 1 amide bonds. The van der Waals surface area contributed by atoms with Gasteiger partial charge < -0.3 is 10.1 Å². The minimum atomic E-state index is -1.49. The van der Waals surface area contributed by atoms with Gasteiger partial charge in [0, 0.05) is 17.4 Å². The fourth-order valence-electron chi connectivity index (χ4n) is 3.70. The van der Waals surface area contributed by atoms with Crippen LogP contribution < -0.4 is 5.32 Å². The summed E-state index contributed by atoms with van der Waals surface area (Å²) < 4.78 is 5.11. The first kappa shape index (κ1) is 14.8. The van der Waals surface area contributed by atoms with Crippen molar-refractivity contribution in [2.24, 2.45) is 11.8 Å². The molecule has 2 aliphatic rings. The smallest absolute Gasteiger partial charge is 0.340 e. The second-order valence-corrected chi connectivity index (χ2v) is 5.92. The van der Waals surface area contributed by atoms with Crippen molar-refractivity contribution >= 4 is 17.7 Å². The van der Waals surface area contributed by atoms with Crippen LogP contribution in [0.2, 0.25) is 0 Å². The molecule has 0 spiro atoms. The standard InChI is InChI=1S/C17H19NO4/c1-2-22-16(21)17(13-9-8-12(10-13)14(17)19)18-15(20)11-6-4-3-5-7-11/h3-7,12-13H,2,8-10H2,1H3,(H,18,20)/t12-,13+,17+/m0/s1. The number of carbonyl (C=O) groups is 3. The average molecular weight is 301 g/mol. The number of esters is 1. The van der Waals surface area contributed by atoms with Crippen molar-refractivity contribution in [2.75, 3.05) is 6.61 Å². The Labute approximate surface area is 129 Å². The molecule has 0 saturated heterocycles. The summed E-state index contributed by atoms with van der Waals surface area (Å²) in [5, 5.41) is 2.71. The van der Waals surface area contributed by atoms with Crippen molar-refractivity contribution < 1.29 is 19.1 Å². The molecule has 0 unspecified atom stereocenters. The lowest BCUT2D eigenvalue weighted by molar-refractivity contribution is -0.157. The Hall–Kier alpha value is -2.17. The Morgan fingerprint density at radius 1 is 1.27 bits per heavy atom. The molecule has 0 aliphatic heterocycles. The second kappa shape index (κ2) is 5.55. The second-order valence-electron chi connectivity index (χ2n) is 5.92. The highest BCUT2D eigenvalue weighted by atomic mass is 16.5. The number of amides is 1. The van der Waals surface area contributed by atoms with Gasteiger partial charge in [-0.1, -0.05) is 18.2 Å². The Kier molecular flexibility index (Phi) is 3.72. The van der Waals surface area contributed by atoms with E-state index in [4.69, 9.17) is 4.74 Å². The van der Waals surface area contributed by atoms with E-state index in [0.29, 0.717) is 12.0 Å². The number of fused-ring (bicyclic) bond motifs is 2. The van der Waals surface area contributed by atoms with Crippen LogP contribution >= 0.6 is 0 Å². The summed E-state index contributed by atoms with van der Waals surface area (Å²) in [6, 6.07) is 8.61. The van der Waals surface area contributed by atoms with Crippen molar-refractivity contribution in [3.8, 4) is 0 Å². The number of hydrogen-bond acceptors (Lipinski definition) is 4. The third kappa shape index (κ3) is 2.12. The minimum absolute atomic E-state index is 0.134. The molecule has 3 atom stereocenters. The predicted octanol–water partition coefficient (Wildman–Crippen LogP) is 1.72. The van der Waals surface area contributed by atoms with Crippen LogP contribution in [-0.2, 0) is 14.3 Å². The van der Waals surface area contributed by atoms with Gasteiger partial charge in [0.2, 0.25) is 5.54 Å². The highest BCUT2D eigenvalue weighted by molar-refractivity contribution is 6.15. The lowest BCUT2D eigenvalue weighted by Gasteiger charge is -2.34. The number of ether oxygens (including phenoxy) is 1. The van der Waals surface area contributed by atoms with Gasteiger partial charge >= 0.3 is 5.97 Å². The van der Waals surface area contributed by atoms with E-state index in [2.05, 4.69) is 5.32 Å². The lowest BCUT2D eigenvalue weighted by atomic mass is 9.79. The van der Waals surface area contributed by atoms with Gasteiger partial charge in [0.05, 0.1) is 6.61 Å². The summed E-state index contributed by atoms with van der Waals surface area (Å²) in [5.41, 5.74) is -1.06. The molecule has 5 nitrogen and oxygen atoms in total. The fourth-order valence-corrected chi connectivity index (χ4v) is 3.70. The molecular weight excluding hydrogens is 282 g/mol. The molecule has 0 radical (unpaired) electrons.